The number of hydrogen-bond acceptors (Lipinski definition) is 5. The van der Waals surface area contributed by atoms with Gasteiger partial charge in [0.25, 0.3) is 5.91 Å². The maximum Gasteiger partial charge on any atom is 0.328 e. The summed E-state index contributed by atoms with van der Waals surface area (Å²) in [5.41, 5.74) is 0.966. The highest BCUT2D eigenvalue weighted by atomic mass is 35.5. The van der Waals surface area contributed by atoms with Crippen LogP contribution < -0.4 is 15.5 Å². The van der Waals surface area contributed by atoms with Gasteiger partial charge in [-0.15, -0.1) is 0 Å². The van der Waals surface area contributed by atoms with E-state index in [-0.39, 0.29) is 24.8 Å². The third-order valence-electron chi connectivity index (χ3n) is 5.96. The molecule has 0 atom stereocenters. The largest absolute Gasteiger partial charge is 0.339 e. The van der Waals surface area contributed by atoms with E-state index in [1.807, 2.05) is 4.90 Å². The highest BCUT2D eigenvalue weighted by Gasteiger charge is 2.30. The number of halogens is 1. The lowest BCUT2D eigenvalue weighted by molar-refractivity contribution is -0.120. The van der Waals surface area contributed by atoms with E-state index in [0.717, 1.165) is 52.1 Å². The van der Waals surface area contributed by atoms with Crippen molar-refractivity contribution in [3.8, 4) is 0 Å². The van der Waals surface area contributed by atoms with E-state index in [0.29, 0.717) is 22.3 Å². The Hall–Kier alpha value is -2.16. The fourth-order valence-corrected chi connectivity index (χ4v) is 4.53. The molecule has 2 N–H and O–H groups in total. The second kappa shape index (κ2) is 8.69. The number of imide groups is 1. The van der Waals surface area contributed by atoms with Crippen molar-refractivity contribution in [2.45, 2.75) is 25.3 Å². The molecule has 0 spiro atoms. The number of amides is 4. The van der Waals surface area contributed by atoms with E-state index >= 15 is 0 Å². The molecule has 0 radical (unpaired) electrons. The number of piperazine rings is 1. The van der Waals surface area contributed by atoms with Crippen LogP contribution in [0.25, 0.3) is 0 Å². The zero-order valence-corrected chi connectivity index (χ0v) is 17.1. The number of anilines is 1. The Kier molecular flexibility index (Phi) is 6.03. The van der Waals surface area contributed by atoms with Gasteiger partial charge in [0.1, 0.15) is 0 Å². The third-order valence-corrected chi connectivity index (χ3v) is 6.28. The van der Waals surface area contributed by atoms with Crippen LogP contribution in [0.3, 0.4) is 0 Å². The van der Waals surface area contributed by atoms with Gasteiger partial charge in [0.2, 0.25) is 5.91 Å². The summed E-state index contributed by atoms with van der Waals surface area (Å²) in [5, 5.41) is 6.04. The Morgan fingerprint density at radius 2 is 1.76 bits per heavy atom. The highest BCUT2D eigenvalue weighted by Crippen LogP contribution is 2.29. The molecule has 156 valence electrons. The zero-order chi connectivity index (χ0) is 20.4. The lowest BCUT2D eigenvalue weighted by Crippen LogP contribution is -2.52. The third kappa shape index (κ3) is 4.39. The standard InChI is InChI=1S/C20H26ClN5O3/c21-16-2-1-14(13-17(16)26-10-5-18(27)23-20(26)29)19(28)25-8-3-15(4-9-25)24-11-6-22-7-12-24/h1-2,13,15,22H,3-12H2,(H,23,27,29). The van der Waals surface area contributed by atoms with Gasteiger partial charge < -0.3 is 10.2 Å². The van der Waals surface area contributed by atoms with E-state index in [2.05, 4.69) is 15.5 Å². The number of rotatable bonds is 3. The first-order valence-electron chi connectivity index (χ1n) is 10.2. The highest BCUT2D eigenvalue weighted by molar-refractivity contribution is 6.34. The fraction of sp³-hybridized carbons (Fsp3) is 0.550. The first-order valence-corrected chi connectivity index (χ1v) is 10.6. The van der Waals surface area contributed by atoms with Crippen LogP contribution in [0.15, 0.2) is 18.2 Å². The van der Waals surface area contributed by atoms with E-state index in [9.17, 15) is 14.4 Å². The van der Waals surface area contributed by atoms with Crippen LogP contribution in [-0.2, 0) is 4.79 Å². The Morgan fingerprint density at radius 3 is 2.45 bits per heavy atom. The number of nitrogens with one attached hydrogen (secondary N) is 2. The molecule has 4 rings (SSSR count). The molecule has 9 heteroatoms. The molecular weight excluding hydrogens is 394 g/mol. The van der Waals surface area contributed by atoms with Crippen LogP contribution in [0.5, 0.6) is 0 Å². The van der Waals surface area contributed by atoms with Crippen LogP contribution in [0.4, 0.5) is 10.5 Å². The van der Waals surface area contributed by atoms with Gasteiger partial charge in [-0.1, -0.05) is 11.6 Å². The molecule has 4 amide bonds. The number of benzene rings is 1. The molecule has 3 fully saturated rings. The van der Waals surface area contributed by atoms with Crippen LogP contribution in [0.2, 0.25) is 5.02 Å². The molecule has 1 aromatic carbocycles. The Morgan fingerprint density at radius 1 is 1.03 bits per heavy atom. The molecule has 8 nitrogen and oxygen atoms in total. The number of hydrogen-bond donors (Lipinski definition) is 2. The summed E-state index contributed by atoms with van der Waals surface area (Å²) in [6, 6.07) is 5.02. The van der Waals surface area contributed by atoms with Gasteiger partial charge in [-0.05, 0) is 31.0 Å². The average molecular weight is 420 g/mol. The van der Waals surface area contributed by atoms with Crippen molar-refractivity contribution in [2.75, 3.05) is 50.7 Å². The van der Waals surface area contributed by atoms with E-state index in [1.54, 1.807) is 18.2 Å². The van der Waals surface area contributed by atoms with Gasteiger partial charge in [0, 0.05) is 63.8 Å². The number of carbonyl (C=O) groups excluding carboxylic acids is 3. The first kappa shape index (κ1) is 20.1. The molecular formula is C20H26ClN5O3. The smallest absolute Gasteiger partial charge is 0.328 e. The molecule has 0 bridgehead atoms. The lowest BCUT2D eigenvalue weighted by Gasteiger charge is -2.40. The van der Waals surface area contributed by atoms with Crippen molar-refractivity contribution >= 4 is 35.1 Å². The summed E-state index contributed by atoms with van der Waals surface area (Å²) < 4.78 is 0. The minimum absolute atomic E-state index is 0.0461. The van der Waals surface area contributed by atoms with Crippen LogP contribution in [0.1, 0.15) is 29.6 Å². The van der Waals surface area contributed by atoms with Crippen molar-refractivity contribution in [2.24, 2.45) is 0 Å². The molecule has 0 unspecified atom stereocenters. The summed E-state index contributed by atoms with van der Waals surface area (Å²) >= 11 is 6.28. The lowest BCUT2D eigenvalue weighted by atomic mass is 10.0. The van der Waals surface area contributed by atoms with Crippen LogP contribution in [-0.4, -0.2) is 79.5 Å². The number of nitrogens with zero attached hydrogens (tertiary/aromatic N) is 3. The molecule has 29 heavy (non-hydrogen) atoms. The van der Waals surface area contributed by atoms with Gasteiger partial charge in [-0.2, -0.15) is 0 Å². The van der Waals surface area contributed by atoms with Gasteiger partial charge in [0.05, 0.1) is 10.7 Å². The Bertz CT molecular complexity index is 803. The molecule has 3 aliphatic heterocycles. The summed E-state index contributed by atoms with van der Waals surface area (Å²) in [4.78, 5) is 42.4. The predicted octanol–water partition coefficient (Wildman–Crippen LogP) is 1.30. The normalized spacial score (nSPS) is 22.0. The Labute approximate surface area is 175 Å². The van der Waals surface area contributed by atoms with Crippen molar-refractivity contribution in [3.63, 3.8) is 0 Å². The zero-order valence-electron chi connectivity index (χ0n) is 16.3. The molecule has 3 heterocycles. The quantitative estimate of drug-likeness (QED) is 0.771. The number of piperidine rings is 1. The second-order valence-electron chi connectivity index (χ2n) is 7.73. The Balaban J connectivity index is 1.43. The SMILES string of the molecule is O=C1CCN(c2cc(C(=O)N3CCC(N4CCNCC4)CC3)ccc2Cl)C(=O)N1. The number of carbonyl (C=O) groups is 3. The first-order chi connectivity index (χ1) is 14.0. The summed E-state index contributed by atoms with van der Waals surface area (Å²) in [7, 11) is 0. The minimum Gasteiger partial charge on any atom is -0.339 e. The summed E-state index contributed by atoms with van der Waals surface area (Å²) in [6.07, 6.45) is 2.16. The van der Waals surface area contributed by atoms with Gasteiger partial charge in [-0.25, -0.2) is 4.79 Å². The van der Waals surface area contributed by atoms with Crippen molar-refractivity contribution in [1.29, 1.82) is 0 Å². The average Bonchev–Trinajstić information content (AvgIpc) is 2.75. The maximum atomic E-state index is 13.0. The van der Waals surface area contributed by atoms with Crippen molar-refractivity contribution in [3.05, 3.63) is 28.8 Å². The molecule has 1 aromatic rings. The molecule has 3 saturated heterocycles. The monoisotopic (exact) mass is 419 g/mol. The topological polar surface area (TPSA) is 85.0 Å². The van der Waals surface area contributed by atoms with E-state index in [1.165, 1.54) is 4.90 Å². The summed E-state index contributed by atoms with van der Waals surface area (Å²) in [6.45, 7) is 5.90. The predicted molar refractivity (Wildman–Crippen MR) is 110 cm³/mol. The van der Waals surface area contributed by atoms with Gasteiger partial charge in [-0.3, -0.25) is 24.7 Å². The van der Waals surface area contributed by atoms with Crippen LogP contribution in [0, 0.1) is 0 Å². The molecule has 3 aliphatic rings. The molecule has 0 saturated carbocycles. The van der Waals surface area contributed by atoms with Gasteiger partial charge in [0.15, 0.2) is 0 Å². The maximum absolute atomic E-state index is 13.0. The number of likely N-dealkylation sites (tertiary alicyclic amines) is 1. The van der Waals surface area contributed by atoms with E-state index in [4.69, 9.17) is 11.6 Å². The van der Waals surface area contributed by atoms with Gasteiger partial charge >= 0.3 is 6.03 Å². The van der Waals surface area contributed by atoms with Crippen molar-refractivity contribution < 1.29 is 14.4 Å². The fourth-order valence-electron chi connectivity index (χ4n) is 4.31. The second-order valence-corrected chi connectivity index (χ2v) is 8.14. The molecule has 0 aliphatic carbocycles. The van der Waals surface area contributed by atoms with Crippen molar-refractivity contribution in [1.82, 2.24) is 20.4 Å². The minimum atomic E-state index is -0.510. The van der Waals surface area contributed by atoms with Crippen LogP contribution >= 0.6 is 11.6 Å². The van der Waals surface area contributed by atoms with E-state index < -0.39 is 6.03 Å². The molecule has 0 aromatic heterocycles. The number of urea groups is 1. The summed E-state index contributed by atoms with van der Waals surface area (Å²) in [5.74, 6) is -0.350.